The number of hydrogen-bond acceptors (Lipinski definition) is 3. The van der Waals surface area contributed by atoms with E-state index < -0.39 is 5.60 Å². The van der Waals surface area contributed by atoms with Gasteiger partial charge in [0.05, 0.1) is 0 Å². The van der Waals surface area contributed by atoms with E-state index in [1.165, 1.54) is 6.92 Å². The Hall–Kier alpha value is -0.860. The zero-order valence-corrected chi connectivity index (χ0v) is 10.0. The molecule has 1 aliphatic rings. The summed E-state index contributed by atoms with van der Waals surface area (Å²) >= 11 is 0. The van der Waals surface area contributed by atoms with Gasteiger partial charge in [-0.3, -0.25) is 9.59 Å². The van der Waals surface area contributed by atoms with Crippen molar-refractivity contribution in [3.63, 3.8) is 0 Å². The van der Waals surface area contributed by atoms with Crippen molar-refractivity contribution in [1.82, 2.24) is 0 Å². The predicted octanol–water partition coefficient (Wildman–Crippen LogP) is 2.33. The Balaban J connectivity index is 2.64. The van der Waals surface area contributed by atoms with Crippen LogP contribution in [0.2, 0.25) is 0 Å². The fourth-order valence-corrected chi connectivity index (χ4v) is 2.35. The van der Waals surface area contributed by atoms with Gasteiger partial charge in [0, 0.05) is 19.3 Å². The van der Waals surface area contributed by atoms with Crippen molar-refractivity contribution in [2.75, 3.05) is 0 Å². The second-order valence-corrected chi connectivity index (χ2v) is 5.08. The SMILES string of the molecule is CC(=O)O[C@]1(C)CC[C@H](C(C)C)C(=O)C1. The molecule has 2 atom stereocenters. The molecule has 0 amide bonds. The molecule has 0 bridgehead atoms. The maximum atomic E-state index is 11.8. The van der Waals surface area contributed by atoms with E-state index in [2.05, 4.69) is 13.8 Å². The van der Waals surface area contributed by atoms with E-state index in [0.717, 1.165) is 12.8 Å². The van der Waals surface area contributed by atoms with Crippen molar-refractivity contribution < 1.29 is 14.3 Å². The van der Waals surface area contributed by atoms with Crippen LogP contribution >= 0.6 is 0 Å². The minimum absolute atomic E-state index is 0.147. The van der Waals surface area contributed by atoms with Gasteiger partial charge in [-0.05, 0) is 25.7 Å². The first kappa shape index (κ1) is 12.2. The normalized spacial score (nSPS) is 31.8. The van der Waals surface area contributed by atoms with Gasteiger partial charge in [-0.1, -0.05) is 13.8 Å². The Morgan fingerprint density at radius 3 is 2.53 bits per heavy atom. The van der Waals surface area contributed by atoms with Crippen molar-refractivity contribution in [2.45, 2.75) is 52.6 Å². The molecule has 0 spiro atoms. The van der Waals surface area contributed by atoms with Crippen molar-refractivity contribution in [3.05, 3.63) is 0 Å². The molecule has 0 aliphatic heterocycles. The molecular weight excluding hydrogens is 192 g/mol. The van der Waals surface area contributed by atoms with Crippen LogP contribution in [-0.2, 0) is 14.3 Å². The quantitative estimate of drug-likeness (QED) is 0.660. The third-order valence-corrected chi connectivity index (χ3v) is 3.14. The molecule has 0 aromatic carbocycles. The van der Waals surface area contributed by atoms with Gasteiger partial charge in [0.25, 0.3) is 0 Å². The van der Waals surface area contributed by atoms with Crippen molar-refractivity contribution in [1.29, 1.82) is 0 Å². The third-order valence-electron chi connectivity index (χ3n) is 3.14. The van der Waals surface area contributed by atoms with Crippen LogP contribution in [0.5, 0.6) is 0 Å². The fourth-order valence-electron chi connectivity index (χ4n) is 2.35. The summed E-state index contributed by atoms with van der Waals surface area (Å²) in [6.07, 6.45) is 2.00. The number of esters is 1. The molecule has 0 aromatic rings. The van der Waals surface area contributed by atoms with Crippen molar-refractivity contribution >= 4 is 11.8 Å². The number of carbonyl (C=O) groups is 2. The molecule has 1 fully saturated rings. The number of hydrogen-bond donors (Lipinski definition) is 0. The van der Waals surface area contributed by atoms with Crippen LogP contribution in [0.25, 0.3) is 0 Å². The lowest BCUT2D eigenvalue weighted by molar-refractivity contribution is -0.162. The molecular formula is C12H20O3. The van der Waals surface area contributed by atoms with Crippen LogP contribution in [0.4, 0.5) is 0 Å². The summed E-state index contributed by atoms with van der Waals surface area (Å²) in [6, 6.07) is 0. The molecule has 1 saturated carbocycles. The molecule has 15 heavy (non-hydrogen) atoms. The van der Waals surface area contributed by atoms with E-state index in [9.17, 15) is 9.59 Å². The molecule has 0 heterocycles. The van der Waals surface area contributed by atoms with Crippen LogP contribution in [0.15, 0.2) is 0 Å². The molecule has 0 radical (unpaired) electrons. The van der Waals surface area contributed by atoms with Gasteiger partial charge in [0.15, 0.2) is 0 Å². The summed E-state index contributed by atoms with van der Waals surface area (Å²) < 4.78 is 5.22. The molecule has 3 heteroatoms. The Morgan fingerprint density at radius 2 is 2.13 bits per heavy atom. The highest BCUT2D eigenvalue weighted by Crippen LogP contribution is 2.35. The first-order valence-corrected chi connectivity index (χ1v) is 5.56. The van der Waals surface area contributed by atoms with E-state index >= 15 is 0 Å². The van der Waals surface area contributed by atoms with E-state index in [1.54, 1.807) is 0 Å². The van der Waals surface area contributed by atoms with E-state index in [4.69, 9.17) is 4.74 Å². The van der Waals surface area contributed by atoms with Crippen LogP contribution < -0.4 is 0 Å². The second kappa shape index (κ2) is 4.33. The lowest BCUT2D eigenvalue weighted by atomic mass is 9.74. The average Bonchev–Trinajstić information content (AvgIpc) is 1.99. The zero-order valence-electron chi connectivity index (χ0n) is 10.0. The predicted molar refractivity (Wildman–Crippen MR) is 57.4 cm³/mol. The molecule has 1 aliphatic carbocycles. The number of rotatable bonds is 2. The topological polar surface area (TPSA) is 43.4 Å². The van der Waals surface area contributed by atoms with Gasteiger partial charge in [0.2, 0.25) is 0 Å². The Morgan fingerprint density at radius 1 is 1.53 bits per heavy atom. The second-order valence-electron chi connectivity index (χ2n) is 5.08. The Kier molecular flexibility index (Phi) is 3.53. The molecule has 1 rings (SSSR count). The van der Waals surface area contributed by atoms with Gasteiger partial charge in [0.1, 0.15) is 11.4 Å². The van der Waals surface area contributed by atoms with Crippen LogP contribution in [-0.4, -0.2) is 17.4 Å². The molecule has 0 unspecified atom stereocenters. The van der Waals surface area contributed by atoms with E-state index in [1.807, 2.05) is 6.92 Å². The van der Waals surface area contributed by atoms with Gasteiger partial charge in [-0.2, -0.15) is 0 Å². The van der Waals surface area contributed by atoms with Gasteiger partial charge in [-0.25, -0.2) is 0 Å². The number of ketones is 1. The highest BCUT2D eigenvalue weighted by atomic mass is 16.6. The fraction of sp³-hybridized carbons (Fsp3) is 0.833. The van der Waals surface area contributed by atoms with E-state index in [-0.39, 0.29) is 17.7 Å². The third kappa shape index (κ3) is 3.05. The number of ether oxygens (including phenoxy) is 1. The van der Waals surface area contributed by atoms with Crippen molar-refractivity contribution in [3.8, 4) is 0 Å². The summed E-state index contributed by atoms with van der Waals surface area (Å²) in [6.45, 7) is 7.38. The minimum atomic E-state index is -0.561. The highest BCUT2D eigenvalue weighted by molar-refractivity contribution is 5.83. The minimum Gasteiger partial charge on any atom is -0.459 e. The largest absolute Gasteiger partial charge is 0.459 e. The maximum absolute atomic E-state index is 11.8. The summed E-state index contributed by atoms with van der Waals surface area (Å²) in [5, 5.41) is 0. The number of carbonyl (C=O) groups excluding carboxylic acids is 2. The summed E-state index contributed by atoms with van der Waals surface area (Å²) in [5.41, 5.74) is -0.561. The Bertz CT molecular complexity index is 270. The first-order chi connectivity index (χ1) is 6.84. The molecule has 0 aromatic heterocycles. The van der Waals surface area contributed by atoms with Crippen LogP contribution in [0.3, 0.4) is 0 Å². The smallest absolute Gasteiger partial charge is 0.303 e. The molecule has 86 valence electrons. The first-order valence-electron chi connectivity index (χ1n) is 5.56. The van der Waals surface area contributed by atoms with E-state index in [0.29, 0.717) is 12.3 Å². The molecule has 0 saturated heterocycles. The lowest BCUT2D eigenvalue weighted by Gasteiger charge is -2.36. The van der Waals surface area contributed by atoms with Crippen LogP contribution in [0.1, 0.15) is 47.0 Å². The molecule has 3 nitrogen and oxygen atoms in total. The van der Waals surface area contributed by atoms with Crippen molar-refractivity contribution in [2.24, 2.45) is 11.8 Å². The number of Topliss-reactive ketones (excluding diaryl/α,β-unsaturated/α-hetero) is 1. The van der Waals surface area contributed by atoms with Gasteiger partial charge >= 0.3 is 5.97 Å². The summed E-state index contributed by atoms with van der Waals surface area (Å²) in [4.78, 5) is 22.7. The zero-order chi connectivity index (χ0) is 11.6. The highest BCUT2D eigenvalue weighted by Gasteiger charge is 2.39. The standard InChI is InChI=1S/C12H20O3/c1-8(2)10-5-6-12(4,7-11(10)14)15-9(3)13/h8,10H,5-7H2,1-4H3/t10-,12-/m1/s1. The van der Waals surface area contributed by atoms with Crippen LogP contribution in [0, 0.1) is 11.8 Å². The monoisotopic (exact) mass is 212 g/mol. The Labute approximate surface area is 91.2 Å². The lowest BCUT2D eigenvalue weighted by Crippen LogP contribution is -2.41. The van der Waals surface area contributed by atoms with Gasteiger partial charge < -0.3 is 4.74 Å². The summed E-state index contributed by atoms with van der Waals surface area (Å²) in [5.74, 6) is 0.473. The molecule has 0 N–H and O–H groups in total. The average molecular weight is 212 g/mol. The maximum Gasteiger partial charge on any atom is 0.303 e. The van der Waals surface area contributed by atoms with Gasteiger partial charge in [-0.15, -0.1) is 0 Å². The summed E-state index contributed by atoms with van der Waals surface area (Å²) in [7, 11) is 0.